The number of halogens is 2. The van der Waals surface area contributed by atoms with Crippen molar-refractivity contribution in [1.82, 2.24) is 10.2 Å². The van der Waals surface area contributed by atoms with E-state index in [4.69, 9.17) is 5.73 Å². The van der Waals surface area contributed by atoms with E-state index in [1.165, 1.54) is 6.42 Å². The lowest BCUT2D eigenvalue weighted by atomic mass is 9.91. The number of hydrogen-bond acceptors (Lipinski definition) is 3. The van der Waals surface area contributed by atoms with Crippen LogP contribution in [-0.2, 0) is 10.3 Å². The van der Waals surface area contributed by atoms with E-state index in [-0.39, 0.29) is 36.8 Å². The van der Waals surface area contributed by atoms with E-state index in [1.807, 2.05) is 30.3 Å². The van der Waals surface area contributed by atoms with Crippen LogP contribution in [0, 0.1) is 0 Å². The highest BCUT2D eigenvalue weighted by Gasteiger charge is 2.32. The molecule has 3 N–H and O–H groups in total. The van der Waals surface area contributed by atoms with Crippen molar-refractivity contribution >= 4 is 30.7 Å². The summed E-state index contributed by atoms with van der Waals surface area (Å²) in [6.07, 6.45) is 3.21. The zero-order valence-electron chi connectivity index (χ0n) is 14.0. The zero-order chi connectivity index (χ0) is 15.3. The highest BCUT2D eigenvalue weighted by molar-refractivity contribution is 5.87. The second-order valence-electron chi connectivity index (χ2n) is 6.16. The fraction of sp³-hybridized carbons (Fsp3) is 0.588. The number of nitrogens with one attached hydrogen (secondary N) is 1. The maximum absolute atomic E-state index is 12.5. The summed E-state index contributed by atoms with van der Waals surface area (Å²) in [5.41, 5.74) is 6.13. The second-order valence-corrected chi connectivity index (χ2v) is 6.16. The molecule has 1 heterocycles. The third-order valence-corrected chi connectivity index (χ3v) is 4.31. The summed E-state index contributed by atoms with van der Waals surface area (Å²) in [6.45, 7) is 7.26. The van der Waals surface area contributed by atoms with Crippen molar-refractivity contribution in [3.8, 4) is 0 Å². The predicted octanol–water partition coefficient (Wildman–Crippen LogP) is 2.69. The first-order valence-corrected chi connectivity index (χ1v) is 7.91. The first-order valence-electron chi connectivity index (χ1n) is 7.91. The van der Waals surface area contributed by atoms with Crippen LogP contribution in [0.1, 0.15) is 38.7 Å². The molecule has 4 nitrogen and oxygen atoms in total. The van der Waals surface area contributed by atoms with Gasteiger partial charge in [0.1, 0.15) is 5.54 Å². The Morgan fingerprint density at radius 3 is 2.35 bits per heavy atom. The number of likely N-dealkylation sites (tertiary alicyclic amines) is 1. The lowest BCUT2D eigenvalue weighted by molar-refractivity contribution is -0.127. The normalized spacial score (nSPS) is 18.2. The van der Waals surface area contributed by atoms with Gasteiger partial charge in [-0.3, -0.25) is 4.79 Å². The van der Waals surface area contributed by atoms with Crippen LogP contribution in [0.3, 0.4) is 0 Å². The Kier molecular flexibility index (Phi) is 9.78. The monoisotopic (exact) mass is 361 g/mol. The molecule has 23 heavy (non-hydrogen) atoms. The Labute approximate surface area is 152 Å². The van der Waals surface area contributed by atoms with Gasteiger partial charge in [0.25, 0.3) is 0 Å². The summed E-state index contributed by atoms with van der Waals surface area (Å²) in [5.74, 6) is -0.0809. The third kappa shape index (κ3) is 5.96. The molecular formula is C17H29Cl2N3O. The summed E-state index contributed by atoms with van der Waals surface area (Å²) in [5, 5.41) is 3.13. The number of benzene rings is 1. The van der Waals surface area contributed by atoms with Gasteiger partial charge in [0.05, 0.1) is 0 Å². The van der Waals surface area contributed by atoms with Crippen LogP contribution in [0.15, 0.2) is 30.3 Å². The van der Waals surface area contributed by atoms with Gasteiger partial charge in [0.2, 0.25) is 5.91 Å². The van der Waals surface area contributed by atoms with Gasteiger partial charge in [-0.25, -0.2) is 0 Å². The highest BCUT2D eigenvalue weighted by atomic mass is 35.5. The standard InChI is InChI=1S/C17H27N3O.2ClH/c1-3-11-20-12-9-15(10-13-20)19-16(21)17(2,18)14-7-5-4-6-8-14;;/h4-8,15H,3,9-13,18H2,1-2H3,(H,19,21);2*1H. The molecule has 1 saturated heterocycles. The molecule has 1 aliphatic rings. The molecule has 0 aliphatic carbocycles. The van der Waals surface area contributed by atoms with Crippen LogP contribution in [0.25, 0.3) is 0 Å². The van der Waals surface area contributed by atoms with Gasteiger partial charge >= 0.3 is 0 Å². The van der Waals surface area contributed by atoms with Crippen molar-refractivity contribution in [2.75, 3.05) is 19.6 Å². The number of carbonyl (C=O) groups excluding carboxylic acids is 1. The minimum absolute atomic E-state index is 0. The molecule has 1 aliphatic heterocycles. The summed E-state index contributed by atoms with van der Waals surface area (Å²) >= 11 is 0. The van der Waals surface area contributed by atoms with Crippen molar-refractivity contribution in [3.05, 3.63) is 35.9 Å². The number of nitrogens with two attached hydrogens (primary N) is 1. The minimum atomic E-state index is -0.970. The summed E-state index contributed by atoms with van der Waals surface area (Å²) < 4.78 is 0. The molecule has 0 bridgehead atoms. The molecular weight excluding hydrogens is 333 g/mol. The maximum Gasteiger partial charge on any atom is 0.244 e. The van der Waals surface area contributed by atoms with E-state index in [2.05, 4.69) is 17.1 Å². The van der Waals surface area contributed by atoms with E-state index in [0.717, 1.165) is 38.0 Å². The average Bonchev–Trinajstić information content (AvgIpc) is 2.50. The topological polar surface area (TPSA) is 58.4 Å². The van der Waals surface area contributed by atoms with E-state index < -0.39 is 5.54 Å². The number of hydrogen-bond donors (Lipinski definition) is 2. The van der Waals surface area contributed by atoms with Gasteiger partial charge in [0.15, 0.2) is 0 Å². The zero-order valence-corrected chi connectivity index (χ0v) is 15.6. The number of nitrogens with zero attached hydrogens (tertiary/aromatic N) is 1. The van der Waals surface area contributed by atoms with Gasteiger partial charge < -0.3 is 16.0 Å². The molecule has 1 fully saturated rings. The molecule has 1 unspecified atom stereocenters. The van der Waals surface area contributed by atoms with Crippen molar-refractivity contribution < 1.29 is 4.79 Å². The predicted molar refractivity (Wildman–Crippen MR) is 100 cm³/mol. The van der Waals surface area contributed by atoms with Crippen molar-refractivity contribution in [1.29, 1.82) is 0 Å². The van der Waals surface area contributed by atoms with Crippen molar-refractivity contribution in [2.24, 2.45) is 5.73 Å². The fourth-order valence-corrected chi connectivity index (χ4v) is 2.87. The lowest BCUT2D eigenvalue weighted by Crippen LogP contribution is -2.54. The van der Waals surface area contributed by atoms with E-state index in [0.29, 0.717) is 0 Å². The quantitative estimate of drug-likeness (QED) is 0.847. The molecule has 0 saturated carbocycles. The van der Waals surface area contributed by atoms with Crippen LogP contribution in [0.2, 0.25) is 0 Å². The van der Waals surface area contributed by atoms with Crippen LogP contribution >= 0.6 is 24.8 Å². The molecule has 1 aromatic carbocycles. The van der Waals surface area contributed by atoms with Gasteiger partial charge in [0, 0.05) is 19.1 Å². The van der Waals surface area contributed by atoms with Crippen molar-refractivity contribution in [2.45, 2.75) is 44.7 Å². The summed E-state index contributed by atoms with van der Waals surface area (Å²) in [4.78, 5) is 15.0. The van der Waals surface area contributed by atoms with Crippen LogP contribution in [0.5, 0.6) is 0 Å². The van der Waals surface area contributed by atoms with Crippen LogP contribution in [0.4, 0.5) is 0 Å². The Bertz CT molecular complexity index is 460. The molecule has 1 atom stereocenters. The highest BCUT2D eigenvalue weighted by Crippen LogP contribution is 2.19. The molecule has 0 aromatic heterocycles. The SMILES string of the molecule is CCCN1CCC(NC(=O)C(C)(N)c2ccccc2)CC1.Cl.Cl. The maximum atomic E-state index is 12.5. The molecule has 1 aromatic rings. The Morgan fingerprint density at radius 2 is 1.83 bits per heavy atom. The van der Waals surface area contributed by atoms with E-state index >= 15 is 0 Å². The fourth-order valence-electron chi connectivity index (χ4n) is 2.87. The number of carbonyl (C=O) groups is 1. The minimum Gasteiger partial charge on any atom is -0.351 e. The first-order chi connectivity index (χ1) is 10.0. The molecule has 2 rings (SSSR count). The second kappa shape index (κ2) is 10.1. The Morgan fingerprint density at radius 1 is 1.26 bits per heavy atom. The van der Waals surface area contributed by atoms with Crippen LogP contribution < -0.4 is 11.1 Å². The smallest absolute Gasteiger partial charge is 0.244 e. The molecule has 0 spiro atoms. The molecule has 0 radical (unpaired) electrons. The van der Waals surface area contributed by atoms with Gasteiger partial charge in [-0.15, -0.1) is 24.8 Å². The first kappa shape index (κ1) is 22.2. The lowest BCUT2D eigenvalue weighted by Gasteiger charge is -2.34. The summed E-state index contributed by atoms with van der Waals surface area (Å²) in [6, 6.07) is 9.82. The third-order valence-electron chi connectivity index (χ3n) is 4.31. The molecule has 132 valence electrons. The Balaban J connectivity index is 0.00000242. The average molecular weight is 362 g/mol. The molecule has 1 amide bonds. The van der Waals surface area contributed by atoms with Gasteiger partial charge in [-0.05, 0) is 38.3 Å². The Hall–Kier alpha value is -0.810. The molecule has 6 heteroatoms. The van der Waals surface area contributed by atoms with Gasteiger partial charge in [-0.1, -0.05) is 37.3 Å². The van der Waals surface area contributed by atoms with Gasteiger partial charge in [-0.2, -0.15) is 0 Å². The number of rotatable bonds is 5. The van der Waals surface area contributed by atoms with E-state index in [9.17, 15) is 4.79 Å². The van der Waals surface area contributed by atoms with Crippen molar-refractivity contribution in [3.63, 3.8) is 0 Å². The largest absolute Gasteiger partial charge is 0.351 e. The number of amides is 1. The number of piperidine rings is 1. The van der Waals surface area contributed by atoms with Crippen LogP contribution in [-0.4, -0.2) is 36.5 Å². The van der Waals surface area contributed by atoms with E-state index in [1.54, 1.807) is 6.92 Å². The summed E-state index contributed by atoms with van der Waals surface area (Å²) in [7, 11) is 0.